The first-order valence-electron chi connectivity index (χ1n) is 19.8. The first kappa shape index (κ1) is 46.7. The lowest BCUT2D eigenvalue weighted by atomic mass is 10.1. The summed E-state index contributed by atoms with van der Waals surface area (Å²) >= 11 is 17.2. The summed E-state index contributed by atoms with van der Waals surface area (Å²) in [5.41, 5.74) is 5.53. The quantitative estimate of drug-likeness (QED) is 0.0437. The van der Waals surface area contributed by atoms with Crippen LogP contribution in [0.2, 0.25) is 0 Å². The van der Waals surface area contributed by atoms with Crippen LogP contribution in [0.5, 0.6) is 17.2 Å². The molecule has 18 heteroatoms. The van der Waals surface area contributed by atoms with Crippen LogP contribution in [0.3, 0.4) is 0 Å². The number of nitrogens with one attached hydrogen (secondary N) is 8. The van der Waals surface area contributed by atoms with Gasteiger partial charge >= 0.3 is 0 Å². The van der Waals surface area contributed by atoms with Crippen LogP contribution >= 0.6 is 48.0 Å². The number of thiocarbonyl (C=S) groups is 3. The van der Waals surface area contributed by atoms with Crippen LogP contribution in [-0.4, -0.2) is 80.7 Å². The molecule has 0 atom stereocenters. The van der Waals surface area contributed by atoms with Gasteiger partial charge in [-0.25, -0.2) is 15.0 Å². The Hall–Kier alpha value is -6.34. The van der Waals surface area contributed by atoms with Crippen molar-refractivity contribution < 1.29 is 14.2 Å². The van der Waals surface area contributed by atoms with Crippen molar-refractivity contribution in [1.29, 1.82) is 0 Å². The Morgan fingerprint density at radius 2 is 1.23 bits per heavy atom. The number of aromatic nitrogens is 5. The van der Waals surface area contributed by atoms with Crippen LogP contribution in [0.25, 0.3) is 11.0 Å². The zero-order valence-electron chi connectivity index (χ0n) is 34.7. The smallest absolute Gasteiger partial charge is 0.207 e. The van der Waals surface area contributed by atoms with Crippen LogP contribution in [0.15, 0.2) is 121 Å². The van der Waals surface area contributed by atoms with Gasteiger partial charge in [0.25, 0.3) is 0 Å². The molecule has 0 aliphatic rings. The number of methoxy groups -OCH3 is 2. The van der Waals surface area contributed by atoms with Crippen molar-refractivity contribution in [2.45, 2.75) is 26.2 Å². The molecule has 0 bridgehead atoms. The minimum atomic E-state index is 0.553. The number of ether oxygens (including phenoxy) is 3. The van der Waals surface area contributed by atoms with E-state index in [4.69, 9.17) is 50.9 Å². The van der Waals surface area contributed by atoms with Gasteiger partial charge in [0, 0.05) is 43.6 Å². The summed E-state index contributed by atoms with van der Waals surface area (Å²) in [6.07, 6.45) is 7.78. The van der Waals surface area contributed by atoms with Gasteiger partial charge in [-0.1, -0.05) is 54.6 Å². The molecule has 4 aromatic carbocycles. The molecule has 3 heterocycles. The molecule has 0 fully saturated rings. The lowest BCUT2D eigenvalue weighted by Crippen LogP contribution is -2.30. The van der Waals surface area contributed by atoms with E-state index in [0.717, 1.165) is 72.3 Å². The van der Waals surface area contributed by atoms with Gasteiger partial charge in [0.2, 0.25) is 11.9 Å². The van der Waals surface area contributed by atoms with Crippen LogP contribution in [0.4, 0.5) is 17.0 Å². The number of anilines is 3. The van der Waals surface area contributed by atoms with E-state index in [0.29, 0.717) is 33.8 Å². The van der Waals surface area contributed by atoms with Gasteiger partial charge in [-0.15, -0.1) is 11.3 Å². The first-order valence-corrected chi connectivity index (χ1v) is 21.9. The van der Waals surface area contributed by atoms with Crippen LogP contribution in [-0.2, 0) is 19.3 Å². The van der Waals surface area contributed by atoms with Gasteiger partial charge in [-0.3, -0.25) is 0 Å². The molecule has 7 rings (SSSR count). The highest BCUT2D eigenvalue weighted by atomic mass is 32.1. The highest BCUT2D eigenvalue weighted by Gasteiger charge is 2.06. The maximum atomic E-state index is 5.60. The molecule has 8 N–H and O–H groups in total. The lowest BCUT2D eigenvalue weighted by Gasteiger charge is -2.11. The topological polar surface area (TPSA) is 170 Å². The standard InChI is InChI=1S/C17H18N4OS.C14H17N3OS2.C13H16N4OS/c1-22-13-8-6-12(7-9-13)10-11-18-17(23)21-16-19-14-4-2-3-5-15(14)20-16;1-2-18-12-6-4-3-5-11(12)7-8-15-13(19)17-14-16-9-10-20-14;1-18-11-4-2-10(3-5-11)6-7-16-13(19)17-12-14-8-9-15-12/h2-9H,10-11H2,1H3,(H3,18,19,20,21,23);3-6,9-10H,2,7-8H2,1H3,(H2,15,16,17,19);2-5,8-9H,6-7H2,1H3,(H3,14,15,16,17,19). The Balaban J connectivity index is 0.000000177. The normalized spacial score (nSPS) is 10.2. The Bertz CT molecular complexity index is 2340. The number of rotatable bonds is 16. The fourth-order valence-corrected chi connectivity index (χ4v) is 6.81. The van der Waals surface area contributed by atoms with E-state index in [9.17, 15) is 0 Å². The van der Waals surface area contributed by atoms with Gasteiger partial charge in [0.15, 0.2) is 20.5 Å². The summed E-state index contributed by atoms with van der Waals surface area (Å²) in [6.45, 7) is 4.93. The average molecular weight is 910 g/mol. The molecule has 0 spiro atoms. The number of aromatic amines is 2. The van der Waals surface area contributed by atoms with Crippen molar-refractivity contribution in [3.05, 3.63) is 138 Å². The Kier molecular flexibility index (Phi) is 19.7. The van der Waals surface area contributed by atoms with E-state index in [1.54, 1.807) is 32.8 Å². The second-order valence-electron chi connectivity index (χ2n) is 13.0. The van der Waals surface area contributed by atoms with Gasteiger partial charge in [0.05, 0.1) is 31.9 Å². The van der Waals surface area contributed by atoms with E-state index in [2.05, 4.69) is 75.0 Å². The number of hydrogen-bond donors (Lipinski definition) is 8. The van der Waals surface area contributed by atoms with Crippen LogP contribution < -0.4 is 46.1 Å². The predicted octanol–water partition coefficient (Wildman–Crippen LogP) is 8.12. The fraction of sp³-hybridized carbons (Fsp3) is 0.227. The maximum Gasteiger partial charge on any atom is 0.207 e. The number of thiazole rings is 1. The van der Waals surface area contributed by atoms with Crippen molar-refractivity contribution in [3.63, 3.8) is 0 Å². The van der Waals surface area contributed by atoms with Gasteiger partial charge < -0.3 is 56.1 Å². The van der Waals surface area contributed by atoms with E-state index in [1.807, 2.05) is 91.2 Å². The molecule has 0 amide bonds. The molecular weight excluding hydrogens is 859 g/mol. The number of hydrogen-bond acceptors (Lipinski definition) is 10. The summed E-state index contributed by atoms with van der Waals surface area (Å²) in [7, 11) is 3.33. The van der Waals surface area contributed by atoms with Gasteiger partial charge in [0.1, 0.15) is 17.2 Å². The number of fused-ring (bicyclic) bond motifs is 1. The number of H-pyrrole nitrogens is 2. The fourth-order valence-electron chi connectivity index (χ4n) is 5.62. The highest BCUT2D eigenvalue weighted by molar-refractivity contribution is 7.80. The first-order chi connectivity index (χ1) is 30.3. The third-order valence-corrected chi connectivity index (χ3v) is 10.1. The van der Waals surface area contributed by atoms with Crippen molar-refractivity contribution in [2.75, 3.05) is 56.4 Å². The van der Waals surface area contributed by atoms with E-state index in [1.165, 1.54) is 28.0 Å². The third kappa shape index (κ3) is 16.6. The zero-order chi connectivity index (χ0) is 43.8. The second kappa shape index (κ2) is 26.1. The summed E-state index contributed by atoms with van der Waals surface area (Å²) in [4.78, 5) is 18.7. The summed E-state index contributed by atoms with van der Waals surface area (Å²) < 4.78 is 15.9. The van der Waals surface area contributed by atoms with E-state index in [-0.39, 0.29) is 0 Å². The minimum absolute atomic E-state index is 0.553. The summed E-state index contributed by atoms with van der Waals surface area (Å²) in [6, 6.07) is 31.9. The van der Waals surface area contributed by atoms with E-state index < -0.39 is 0 Å². The Morgan fingerprint density at radius 1 is 0.645 bits per heavy atom. The molecule has 62 heavy (non-hydrogen) atoms. The van der Waals surface area contributed by atoms with E-state index >= 15 is 0 Å². The molecule has 0 saturated heterocycles. The SMILES string of the molecule is CCOc1ccccc1CCNC(=S)Nc1nccs1.COc1ccc(CCNC(=S)Nc2nc3ccccc3[nH]2)cc1.COc1ccc(CCNC(=S)Nc2ncc[nH]2)cc1. The molecule has 324 valence electrons. The van der Waals surface area contributed by atoms with Crippen molar-refractivity contribution in [3.8, 4) is 17.2 Å². The Morgan fingerprint density at radius 3 is 1.79 bits per heavy atom. The molecule has 0 aliphatic carbocycles. The lowest BCUT2D eigenvalue weighted by molar-refractivity contribution is 0.336. The highest BCUT2D eigenvalue weighted by Crippen LogP contribution is 2.18. The zero-order valence-corrected chi connectivity index (χ0v) is 38.0. The molecule has 0 unspecified atom stereocenters. The van der Waals surface area contributed by atoms with Gasteiger partial charge in [-0.2, -0.15) is 0 Å². The van der Waals surface area contributed by atoms with Crippen molar-refractivity contribution >= 4 is 91.4 Å². The maximum absolute atomic E-state index is 5.60. The van der Waals surface area contributed by atoms with Crippen molar-refractivity contribution in [2.24, 2.45) is 0 Å². The molecule has 14 nitrogen and oxygen atoms in total. The molecule has 0 aliphatic heterocycles. The summed E-state index contributed by atoms with van der Waals surface area (Å²) in [5, 5.41) is 23.0. The molecule has 7 aromatic rings. The molecule has 0 saturated carbocycles. The second-order valence-corrected chi connectivity index (χ2v) is 15.1. The third-order valence-electron chi connectivity index (χ3n) is 8.67. The largest absolute Gasteiger partial charge is 0.497 e. The minimum Gasteiger partial charge on any atom is -0.497 e. The average Bonchev–Trinajstić information content (AvgIpc) is 4.09. The number of para-hydroxylation sites is 3. The van der Waals surface area contributed by atoms with Gasteiger partial charge in [-0.05, 0) is 122 Å². The number of nitrogens with zero attached hydrogens (tertiary/aromatic N) is 3. The van der Waals surface area contributed by atoms with Crippen molar-refractivity contribution in [1.82, 2.24) is 40.9 Å². The monoisotopic (exact) mass is 909 g/mol. The summed E-state index contributed by atoms with van der Waals surface area (Å²) in [5.74, 6) is 3.96. The molecule has 0 radical (unpaired) electrons. The van der Waals surface area contributed by atoms with Crippen LogP contribution in [0, 0.1) is 0 Å². The molecular formula is C44H51N11O3S4. The molecule has 3 aromatic heterocycles. The number of benzene rings is 4. The predicted molar refractivity (Wildman–Crippen MR) is 264 cm³/mol. The van der Waals surface area contributed by atoms with Crippen LogP contribution in [0.1, 0.15) is 23.6 Å². The number of imidazole rings is 2. The Labute approximate surface area is 382 Å².